The van der Waals surface area contributed by atoms with Gasteiger partial charge in [0, 0.05) is 32.6 Å². The summed E-state index contributed by atoms with van der Waals surface area (Å²) in [7, 11) is 0. The van der Waals surface area contributed by atoms with Crippen molar-refractivity contribution in [2.75, 3.05) is 59.3 Å². The highest BCUT2D eigenvalue weighted by Gasteiger charge is 2.20. The Morgan fingerprint density at radius 3 is 1.52 bits per heavy atom. The first kappa shape index (κ1) is 60.7. The molecule has 0 bridgehead atoms. The van der Waals surface area contributed by atoms with Crippen molar-refractivity contribution in [2.45, 2.75) is 222 Å². The largest absolute Gasteiger partial charge is 0.508 e. The lowest BCUT2D eigenvalue weighted by atomic mass is 10.1. The first-order chi connectivity index (χ1) is 29.8. The predicted octanol–water partition coefficient (Wildman–Crippen LogP) is 13.9. The monoisotopic (exact) mass is 868 g/mol. The number of hydrogen-bond acceptors (Lipinski definition) is 10. The average molecular weight is 868 g/mol. The van der Waals surface area contributed by atoms with E-state index >= 15 is 0 Å². The van der Waals surface area contributed by atoms with Crippen molar-refractivity contribution in [1.82, 2.24) is 4.90 Å². The Labute approximate surface area is 376 Å². The summed E-state index contributed by atoms with van der Waals surface area (Å²) < 4.78 is 33.8. The minimum absolute atomic E-state index is 0.0217. The highest BCUT2D eigenvalue weighted by atomic mass is 16.7. The molecule has 0 saturated carbocycles. The predicted molar refractivity (Wildman–Crippen MR) is 253 cm³/mol. The normalized spacial score (nSPS) is 12.4. The van der Waals surface area contributed by atoms with Gasteiger partial charge in [-0.3, -0.25) is 9.59 Å². The highest BCUT2D eigenvalue weighted by molar-refractivity contribution is 5.69. The van der Waals surface area contributed by atoms with Crippen molar-refractivity contribution in [1.29, 1.82) is 0 Å². The van der Waals surface area contributed by atoms with Crippen molar-refractivity contribution in [3.8, 4) is 0 Å². The molecule has 2 unspecified atom stereocenters. The second-order valence-electron chi connectivity index (χ2n) is 16.2. The first-order valence-corrected chi connectivity index (χ1v) is 25.2. The summed E-state index contributed by atoms with van der Waals surface area (Å²) in [5.74, 6) is -1.22. The number of esters is 2. The zero-order valence-electron chi connectivity index (χ0n) is 40.8. The summed E-state index contributed by atoms with van der Waals surface area (Å²) in [5, 5.41) is 0. The van der Waals surface area contributed by atoms with Crippen molar-refractivity contribution < 1.29 is 42.8 Å². The number of allylic oxidation sites excluding steroid dienone is 4. The number of carbonyl (C=O) groups excluding carboxylic acids is 3. The van der Waals surface area contributed by atoms with E-state index in [0.29, 0.717) is 32.5 Å². The number of unbranched alkanes of at least 4 members (excludes halogenated alkanes) is 16. The zero-order chi connectivity index (χ0) is 45.3. The number of hydrogen-bond donors (Lipinski definition) is 0. The summed E-state index contributed by atoms with van der Waals surface area (Å²) in [6.45, 7) is 19.1. The van der Waals surface area contributed by atoms with Crippen LogP contribution in [0.15, 0.2) is 24.3 Å². The van der Waals surface area contributed by atoms with E-state index in [0.717, 1.165) is 96.7 Å². The molecule has 0 radical (unpaired) electrons. The molecule has 0 heterocycles. The van der Waals surface area contributed by atoms with Crippen molar-refractivity contribution in [2.24, 2.45) is 5.92 Å². The van der Waals surface area contributed by atoms with E-state index in [1.165, 1.54) is 64.2 Å². The maximum Gasteiger partial charge on any atom is 0.508 e. The van der Waals surface area contributed by atoms with Gasteiger partial charge in [-0.2, -0.15) is 0 Å². The van der Waals surface area contributed by atoms with Gasteiger partial charge < -0.3 is 33.3 Å². The second kappa shape index (κ2) is 50.2. The Morgan fingerprint density at radius 1 is 0.459 bits per heavy atom. The van der Waals surface area contributed by atoms with E-state index in [2.05, 4.69) is 77.7 Å². The topological polar surface area (TPSA) is 110 Å². The summed E-state index contributed by atoms with van der Waals surface area (Å²) >= 11 is 0. The van der Waals surface area contributed by atoms with Crippen LogP contribution in [0.1, 0.15) is 215 Å². The lowest BCUT2D eigenvalue weighted by Gasteiger charge is -2.20. The first-order valence-electron chi connectivity index (χ1n) is 25.2. The van der Waals surface area contributed by atoms with E-state index in [-0.39, 0.29) is 38.8 Å². The molecule has 0 N–H and O–H groups in total. The third kappa shape index (κ3) is 46.9. The molecule has 61 heavy (non-hydrogen) atoms. The van der Waals surface area contributed by atoms with Gasteiger partial charge in [0.25, 0.3) is 0 Å². The van der Waals surface area contributed by atoms with Gasteiger partial charge in [0.1, 0.15) is 19.8 Å². The van der Waals surface area contributed by atoms with Crippen LogP contribution in [-0.2, 0) is 38.0 Å². The van der Waals surface area contributed by atoms with Crippen LogP contribution in [0.25, 0.3) is 0 Å². The molecule has 0 spiro atoms. The van der Waals surface area contributed by atoms with Gasteiger partial charge in [-0.05, 0) is 70.9 Å². The van der Waals surface area contributed by atoms with E-state index in [1.807, 2.05) is 0 Å². The molecule has 0 rings (SSSR count). The number of carbonyl (C=O) groups is 3. The molecule has 0 saturated heterocycles. The van der Waals surface area contributed by atoms with Crippen LogP contribution in [0.5, 0.6) is 0 Å². The number of rotatable bonds is 43. The maximum atomic E-state index is 12.8. The molecule has 0 fully saturated rings. The van der Waals surface area contributed by atoms with Crippen LogP contribution in [0.3, 0.4) is 0 Å². The van der Waals surface area contributed by atoms with Crippen LogP contribution in [0, 0.1) is 5.92 Å². The Bertz CT molecular complexity index is 998. The van der Waals surface area contributed by atoms with Gasteiger partial charge in [0.15, 0.2) is 6.29 Å². The Kier molecular flexibility index (Phi) is 49.9. The maximum absolute atomic E-state index is 12.8. The van der Waals surface area contributed by atoms with Crippen LogP contribution in [-0.4, -0.2) is 88.6 Å². The van der Waals surface area contributed by atoms with E-state index < -0.39 is 24.3 Å². The molecular formula is C51H97NO9. The van der Waals surface area contributed by atoms with Gasteiger partial charge >= 0.3 is 18.1 Å². The van der Waals surface area contributed by atoms with E-state index in [4.69, 9.17) is 28.4 Å². The summed E-state index contributed by atoms with van der Waals surface area (Å²) in [4.78, 5) is 40.1. The smallest absolute Gasteiger partial charge is 0.465 e. The van der Waals surface area contributed by atoms with Crippen LogP contribution in [0.4, 0.5) is 4.79 Å². The van der Waals surface area contributed by atoms with Crippen LogP contribution >= 0.6 is 0 Å². The van der Waals surface area contributed by atoms with Gasteiger partial charge in [-0.1, -0.05) is 163 Å². The zero-order valence-corrected chi connectivity index (χ0v) is 40.8. The molecular weight excluding hydrogens is 771 g/mol. The minimum atomic E-state index is -0.784. The number of ether oxygens (including phenoxy) is 6. The SMILES string of the molecule is CCCC.CCCCC/C=C\C/C=C\CCCCCCCC(=O)OCC(COC(=O)CCC(OCCCCC)OCCCCCCCC)COC(=O)OCCCN(CC)CC. The molecule has 0 aromatic rings. The van der Waals surface area contributed by atoms with E-state index in [1.54, 1.807) is 0 Å². The fraction of sp³-hybridized carbons (Fsp3) is 0.863. The summed E-state index contributed by atoms with van der Waals surface area (Å²) in [6.07, 6.45) is 34.4. The van der Waals surface area contributed by atoms with Crippen LogP contribution in [0.2, 0.25) is 0 Å². The van der Waals surface area contributed by atoms with Crippen molar-refractivity contribution >= 4 is 18.1 Å². The van der Waals surface area contributed by atoms with Crippen molar-refractivity contribution in [3.63, 3.8) is 0 Å². The summed E-state index contributed by atoms with van der Waals surface area (Å²) in [5.41, 5.74) is 0. The third-order valence-corrected chi connectivity index (χ3v) is 10.4. The molecule has 0 aromatic carbocycles. The van der Waals surface area contributed by atoms with Gasteiger partial charge in [0.05, 0.1) is 18.9 Å². The minimum Gasteiger partial charge on any atom is -0.465 e. The van der Waals surface area contributed by atoms with Gasteiger partial charge in [0.2, 0.25) is 0 Å². The second-order valence-corrected chi connectivity index (χ2v) is 16.2. The highest BCUT2D eigenvalue weighted by Crippen LogP contribution is 2.13. The molecule has 0 aromatic heterocycles. The molecule has 10 heteroatoms. The third-order valence-electron chi connectivity index (χ3n) is 10.4. The lowest BCUT2D eigenvalue weighted by molar-refractivity contribution is -0.161. The molecule has 2 atom stereocenters. The summed E-state index contributed by atoms with van der Waals surface area (Å²) in [6, 6.07) is 0. The fourth-order valence-corrected chi connectivity index (χ4v) is 6.12. The molecule has 10 nitrogen and oxygen atoms in total. The Balaban J connectivity index is 0. The Morgan fingerprint density at radius 2 is 0.934 bits per heavy atom. The average Bonchev–Trinajstić information content (AvgIpc) is 3.27. The molecule has 0 amide bonds. The van der Waals surface area contributed by atoms with Crippen molar-refractivity contribution in [3.05, 3.63) is 24.3 Å². The Hall–Kier alpha value is -2.43. The van der Waals surface area contributed by atoms with Gasteiger partial charge in [-0.15, -0.1) is 0 Å². The standard InChI is InChI=1S/C47H87NO9.C4H10/c1-6-11-14-16-18-19-20-21-22-23-24-25-26-27-29-33-44(49)55-40-43(42-57-47(51)54-39-32-36-48(9-4)10-5)41-56-45(50)34-35-46(52-37-30-13-8-3)53-38-31-28-17-15-12-7-2;1-3-4-2/h18-19,21-22,43,46H,6-17,20,23-42H2,1-5H3;3-4H2,1-2H3/b19-18-,22-21-;. The lowest BCUT2D eigenvalue weighted by Crippen LogP contribution is -2.28. The van der Waals surface area contributed by atoms with Gasteiger partial charge in [-0.25, -0.2) is 4.79 Å². The molecule has 0 aliphatic rings. The van der Waals surface area contributed by atoms with E-state index in [9.17, 15) is 14.4 Å². The quantitative estimate of drug-likeness (QED) is 0.0193. The number of nitrogens with zero attached hydrogens (tertiary/aromatic N) is 1. The molecule has 0 aliphatic carbocycles. The van der Waals surface area contributed by atoms with Crippen LogP contribution < -0.4 is 0 Å². The molecule has 0 aliphatic heterocycles. The fourth-order valence-electron chi connectivity index (χ4n) is 6.12. The molecule has 360 valence electrons.